The molecule has 0 bridgehead atoms. The van der Waals surface area contributed by atoms with Crippen LogP contribution in [0.2, 0.25) is 0 Å². The van der Waals surface area contributed by atoms with Gasteiger partial charge < -0.3 is 15.2 Å². The molecule has 2 atom stereocenters. The number of hydrogen-bond acceptors (Lipinski definition) is 3. The van der Waals surface area contributed by atoms with Gasteiger partial charge in [-0.3, -0.25) is 0 Å². The Hall–Kier alpha value is -1.06. The van der Waals surface area contributed by atoms with Crippen molar-refractivity contribution < 1.29 is 9.47 Å². The van der Waals surface area contributed by atoms with Crippen LogP contribution in [-0.4, -0.2) is 19.3 Å². The van der Waals surface area contributed by atoms with Crippen molar-refractivity contribution in [1.29, 1.82) is 0 Å². The second kappa shape index (κ2) is 4.67. The molecule has 1 heterocycles. The Labute approximate surface area is 102 Å². The fourth-order valence-corrected chi connectivity index (χ4v) is 2.75. The van der Waals surface area contributed by atoms with Crippen LogP contribution < -0.4 is 10.5 Å². The van der Waals surface area contributed by atoms with Gasteiger partial charge in [0, 0.05) is 12.6 Å². The Morgan fingerprint density at radius 2 is 2.29 bits per heavy atom. The Morgan fingerprint density at radius 1 is 1.35 bits per heavy atom. The highest BCUT2D eigenvalue weighted by Crippen LogP contribution is 2.35. The summed E-state index contributed by atoms with van der Waals surface area (Å²) in [5, 5.41) is 0. The molecule has 2 aliphatic rings. The van der Waals surface area contributed by atoms with Crippen LogP contribution in [0, 0.1) is 0 Å². The standard InChI is InChI=1S/C14H19NO2/c15-13-7-6-12-11(13)4-1-5-14(12)17-9-10-3-2-8-16-10/h1,4-5,10,13H,2-3,6-9,15H2. The molecule has 1 aromatic carbocycles. The topological polar surface area (TPSA) is 44.5 Å². The maximum atomic E-state index is 6.05. The number of rotatable bonds is 3. The van der Waals surface area contributed by atoms with E-state index in [-0.39, 0.29) is 12.1 Å². The maximum Gasteiger partial charge on any atom is 0.122 e. The normalized spacial score (nSPS) is 27.1. The maximum absolute atomic E-state index is 6.05. The van der Waals surface area contributed by atoms with Gasteiger partial charge in [0.05, 0.1) is 6.10 Å². The predicted octanol–water partition coefficient (Wildman–Crippen LogP) is 2.19. The van der Waals surface area contributed by atoms with E-state index < -0.39 is 0 Å². The summed E-state index contributed by atoms with van der Waals surface area (Å²) in [6.07, 6.45) is 4.63. The van der Waals surface area contributed by atoms with E-state index in [4.69, 9.17) is 15.2 Å². The summed E-state index contributed by atoms with van der Waals surface area (Å²) in [5.74, 6) is 1.01. The Kier molecular flexibility index (Phi) is 3.04. The van der Waals surface area contributed by atoms with Gasteiger partial charge in [0.2, 0.25) is 0 Å². The van der Waals surface area contributed by atoms with Crippen LogP contribution in [0.3, 0.4) is 0 Å². The zero-order valence-electron chi connectivity index (χ0n) is 10.0. The van der Waals surface area contributed by atoms with Crippen LogP contribution in [-0.2, 0) is 11.2 Å². The van der Waals surface area contributed by atoms with E-state index >= 15 is 0 Å². The van der Waals surface area contributed by atoms with Gasteiger partial charge in [-0.2, -0.15) is 0 Å². The molecule has 2 unspecified atom stereocenters. The van der Waals surface area contributed by atoms with Crippen molar-refractivity contribution in [3.63, 3.8) is 0 Å². The van der Waals surface area contributed by atoms with Crippen LogP contribution in [0.25, 0.3) is 0 Å². The van der Waals surface area contributed by atoms with Crippen LogP contribution in [0.4, 0.5) is 0 Å². The average molecular weight is 233 g/mol. The lowest BCUT2D eigenvalue weighted by atomic mass is 10.1. The molecule has 2 N–H and O–H groups in total. The lowest BCUT2D eigenvalue weighted by Crippen LogP contribution is -2.16. The highest BCUT2D eigenvalue weighted by atomic mass is 16.5. The van der Waals surface area contributed by atoms with Gasteiger partial charge in [-0.25, -0.2) is 0 Å². The second-order valence-corrected chi connectivity index (χ2v) is 4.92. The summed E-state index contributed by atoms with van der Waals surface area (Å²) < 4.78 is 11.5. The summed E-state index contributed by atoms with van der Waals surface area (Å²) >= 11 is 0. The molecular weight excluding hydrogens is 214 g/mol. The van der Waals surface area contributed by atoms with Crippen LogP contribution in [0.5, 0.6) is 5.75 Å². The average Bonchev–Trinajstić information content (AvgIpc) is 2.97. The van der Waals surface area contributed by atoms with Crippen molar-refractivity contribution in [3.8, 4) is 5.75 Å². The lowest BCUT2D eigenvalue weighted by Gasteiger charge is -2.14. The first-order valence-electron chi connectivity index (χ1n) is 6.46. The molecule has 1 aliphatic carbocycles. The Morgan fingerprint density at radius 3 is 3.12 bits per heavy atom. The van der Waals surface area contributed by atoms with E-state index in [1.165, 1.54) is 11.1 Å². The van der Waals surface area contributed by atoms with Crippen molar-refractivity contribution in [1.82, 2.24) is 0 Å². The zero-order valence-corrected chi connectivity index (χ0v) is 10.0. The molecule has 0 radical (unpaired) electrons. The van der Waals surface area contributed by atoms with Gasteiger partial charge in [0.1, 0.15) is 12.4 Å². The number of nitrogens with two attached hydrogens (primary N) is 1. The van der Waals surface area contributed by atoms with Gasteiger partial charge in [-0.15, -0.1) is 0 Å². The molecular formula is C14H19NO2. The predicted molar refractivity (Wildman–Crippen MR) is 66.2 cm³/mol. The van der Waals surface area contributed by atoms with Crippen molar-refractivity contribution >= 4 is 0 Å². The van der Waals surface area contributed by atoms with E-state index in [1.54, 1.807) is 0 Å². The summed E-state index contributed by atoms with van der Waals surface area (Å²) in [6, 6.07) is 6.39. The summed E-state index contributed by atoms with van der Waals surface area (Å²) in [7, 11) is 0. The molecule has 1 aliphatic heterocycles. The number of hydrogen-bond donors (Lipinski definition) is 1. The fraction of sp³-hybridized carbons (Fsp3) is 0.571. The number of benzene rings is 1. The molecule has 1 aromatic rings. The summed E-state index contributed by atoms with van der Waals surface area (Å²) in [6.45, 7) is 1.55. The molecule has 0 amide bonds. The smallest absolute Gasteiger partial charge is 0.122 e. The largest absolute Gasteiger partial charge is 0.491 e. The molecule has 1 saturated heterocycles. The molecule has 0 spiro atoms. The fourth-order valence-electron chi connectivity index (χ4n) is 2.75. The van der Waals surface area contributed by atoms with E-state index in [1.807, 2.05) is 12.1 Å². The van der Waals surface area contributed by atoms with Crippen LogP contribution >= 0.6 is 0 Å². The van der Waals surface area contributed by atoms with E-state index in [0.29, 0.717) is 6.61 Å². The number of ether oxygens (including phenoxy) is 2. The molecule has 1 fully saturated rings. The van der Waals surface area contributed by atoms with E-state index in [0.717, 1.165) is 38.0 Å². The van der Waals surface area contributed by atoms with Gasteiger partial charge in [-0.05, 0) is 42.9 Å². The van der Waals surface area contributed by atoms with Crippen molar-refractivity contribution in [2.75, 3.05) is 13.2 Å². The molecule has 0 aromatic heterocycles. The van der Waals surface area contributed by atoms with Crippen LogP contribution in [0.15, 0.2) is 18.2 Å². The first-order chi connectivity index (χ1) is 8.34. The van der Waals surface area contributed by atoms with Crippen molar-refractivity contribution in [3.05, 3.63) is 29.3 Å². The highest BCUT2D eigenvalue weighted by molar-refractivity contribution is 5.44. The molecule has 92 valence electrons. The SMILES string of the molecule is NC1CCc2c(OCC3CCCO3)cccc21. The van der Waals surface area contributed by atoms with Gasteiger partial charge in [0.15, 0.2) is 0 Å². The van der Waals surface area contributed by atoms with E-state index in [9.17, 15) is 0 Å². The monoisotopic (exact) mass is 233 g/mol. The lowest BCUT2D eigenvalue weighted by molar-refractivity contribution is 0.0676. The summed E-state index contributed by atoms with van der Waals surface area (Å²) in [4.78, 5) is 0. The van der Waals surface area contributed by atoms with Gasteiger partial charge >= 0.3 is 0 Å². The molecule has 3 heteroatoms. The van der Waals surface area contributed by atoms with E-state index in [2.05, 4.69) is 6.07 Å². The first kappa shape index (κ1) is 11.1. The van der Waals surface area contributed by atoms with Crippen molar-refractivity contribution in [2.24, 2.45) is 5.73 Å². The van der Waals surface area contributed by atoms with Crippen molar-refractivity contribution in [2.45, 2.75) is 37.8 Å². The summed E-state index contributed by atoms with van der Waals surface area (Å²) in [5.41, 5.74) is 8.62. The molecule has 17 heavy (non-hydrogen) atoms. The van der Waals surface area contributed by atoms with Gasteiger partial charge in [0.25, 0.3) is 0 Å². The number of fused-ring (bicyclic) bond motifs is 1. The second-order valence-electron chi connectivity index (χ2n) is 4.92. The molecule has 3 nitrogen and oxygen atoms in total. The minimum absolute atomic E-state index is 0.191. The minimum Gasteiger partial charge on any atom is -0.491 e. The third-order valence-corrected chi connectivity index (χ3v) is 3.72. The zero-order chi connectivity index (χ0) is 11.7. The Balaban J connectivity index is 1.71. The third-order valence-electron chi connectivity index (χ3n) is 3.72. The Bertz CT molecular complexity index is 399. The van der Waals surface area contributed by atoms with Gasteiger partial charge in [-0.1, -0.05) is 12.1 Å². The quantitative estimate of drug-likeness (QED) is 0.870. The molecule has 3 rings (SSSR count). The first-order valence-corrected chi connectivity index (χ1v) is 6.46. The highest BCUT2D eigenvalue weighted by Gasteiger charge is 2.23. The minimum atomic E-state index is 0.191. The third kappa shape index (κ3) is 2.17. The van der Waals surface area contributed by atoms with Crippen LogP contribution in [0.1, 0.15) is 36.4 Å². The molecule has 0 saturated carbocycles.